The van der Waals surface area contributed by atoms with Crippen molar-refractivity contribution in [3.63, 3.8) is 0 Å². The van der Waals surface area contributed by atoms with Gasteiger partial charge in [0.1, 0.15) is 13.2 Å². The Morgan fingerprint density at radius 3 is 1.62 bits per heavy atom. The van der Waals surface area contributed by atoms with Gasteiger partial charge in [0.2, 0.25) is 0 Å². The summed E-state index contributed by atoms with van der Waals surface area (Å²) in [7, 11) is 0. The van der Waals surface area contributed by atoms with E-state index in [1.807, 2.05) is 24.3 Å². The van der Waals surface area contributed by atoms with Gasteiger partial charge in [0.05, 0.1) is 11.8 Å². The number of carbonyl (C=O) groups excluding carboxylic acids is 2. The van der Waals surface area contributed by atoms with Crippen LogP contribution in [0, 0.1) is 11.8 Å². The van der Waals surface area contributed by atoms with Gasteiger partial charge in [0, 0.05) is 0 Å². The highest BCUT2D eigenvalue weighted by Gasteiger charge is 2.36. The summed E-state index contributed by atoms with van der Waals surface area (Å²) in [4.78, 5) is 24.4. The minimum Gasteiger partial charge on any atom is -0.461 e. The fourth-order valence-corrected chi connectivity index (χ4v) is 2.33. The Balaban J connectivity index is 2.49. The SMILES string of the molecule is C=CCC=CCOC(=O)C1CC=CCC1C(=O)OC/C=C\CC=C. The lowest BCUT2D eigenvalue weighted by Gasteiger charge is -2.24. The standard InChI is InChI=1S/C20H26O4/c1-3-5-7-11-15-23-19(21)17-13-9-10-14-18(17)20(22)24-16-12-8-6-4-2/h3-4,7-12,17-18H,1-2,5-6,13-16H2/b11-7-,12-8?. The van der Waals surface area contributed by atoms with E-state index in [1.165, 1.54) is 0 Å². The van der Waals surface area contributed by atoms with Crippen LogP contribution < -0.4 is 0 Å². The lowest BCUT2D eigenvalue weighted by molar-refractivity contribution is -0.159. The van der Waals surface area contributed by atoms with E-state index in [1.54, 1.807) is 24.3 Å². The molecule has 0 amide bonds. The molecule has 0 bridgehead atoms. The number of rotatable bonds is 10. The molecule has 4 nitrogen and oxygen atoms in total. The number of ether oxygens (including phenoxy) is 2. The summed E-state index contributed by atoms with van der Waals surface area (Å²) in [6.45, 7) is 7.63. The molecule has 0 spiro atoms. The third-order valence-electron chi connectivity index (χ3n) is 3.62. The van der Waals surface area contributed by atoms with E-state index in [9.17, 15) is 9.59 Å². The first-order valence-corrected chi connectivity index (χ1v) is 8.20. The molecule has 0 aliphatic heterocycles. The molecule has 2 atom stereocenters. The Bertz CT molecular complexity index is 468. The van der Waals surface area contributed by atoms with Gasteiger partial charge in [-0.15, -0.1) is 13.2 Å². The van der Waals surface area contributed by atoms with Crippen LogP contribution in [-0.2, 0) is 19.1 Å². The summed E-state index contributed by atoms with van der Waals surface area (Å²) < 4.78 is 10.5. The van der Waals surface area contributed by atoms with Crippen molar-refractivity contribution < 1.29 is 19.1 Å². The molecule has 0 heterocycles. The van der Waals surface area contributed by atoms with Crippen LogP contribution in [0.15, 0.2) is 61.8 Å². The molecule has 0 aromatic rings. The molecule has 1 aliphatic carbocycles. The van der Waals surface area contributed by atoms with E-state index in [4.69, 9.17) is 9.47 Å². The summed E-state index contributed by atoms with van der Waals surface area (Å²) >= 11 is 0. The molecule has 4 heteroatoms. The first kappa shape index (κ1) is 19.7. The molecule has 0 saturated heterocycles. The average Bonchev–Trinajstić information content (AvgIpc) is 2.61. The van der Waals surface area contributed by atoms with Crippen molar-refractivity contribution in [1.29, 1.82) is 0 Å². The first-order chi connectivity index (χ1) is 11.7. The first-order valence-electron chi connectivity index (χ1n) is 8.20. The number of carbonyl (C=O) groups is 2. The summed E-state index contributed by atoms with van der Waals surface area (Å²) in [6.07, 6.45) is 17.1. The Morgan fingerprint density at radius 2 is 1.25 bits per heavy atom. The van der Waals surface area contributed by atoms with Gasteiger partial charge in [0.25, 0.3) is 0 Å². The van der Waals surface area contributed by atoms with Crippen molar-refractivity contribution in [2.24, 2.45) is 11.8 Å². The van der Waals surface area contributed by atoms with E-state index in [2.05, 4.69) is 13.2 Å². The smallest absolute Gasteiger partial charge is 0.310 e. The van der Waals surface area contributed by atoms with Gasteiger partial charge in [-0.25, -0.2) is 0 Å². The topological polar surface area (TPSA) is 52.6 Å². The molecular weight excluding hydrogens is 304 g/mol. The van der Waals surface area contributed by atoms with Gasteiger partial charge in [0.15, 0.2) is 0 Å². The van der Waals surface area contributed by atoms with E-state index in [0.717, 1.165) is 12.8 Å². The van der Waals surface area contributed by atoms with Crippen molar-refractivity contribution in [1.82, 2.24) is 0 Å². The second kappa shape index (κ2) is 12.1. The molecule has 2 unspecified atom stereocenters. The quantitative estimate of drug-likeness (QED) is 0.450. The fourth-order valence-electron chi connectivity index (χ4n) is 2.33. The van der Waals surface area contributed by atoms with E-state index < -0.39 is 11.8 Å². The van der Waals surface area contributed by atoms with Crippen LogP contribution in [0.3, 0.4) is 0 Å². The Labute approximate surface area is 144 Å². The maximum absolute atomic E-state index is 12.2. The predicted molar refractivity (Wildman–Crippen MR) is 95.2 cm³/mol. The number of hydrogen-bond acceptors (Lipinski definition) is 4. The second-order valence-corrected chi connectivity index (χ2v) is 5.41. The van der Waals surface area contributed by atoms with Crippen LogP contribution in [0.5, 0.6) is 0 Å². The summed E-state index contributed by atoms with van der Waals surface area (Å²) in [5.74, 6) is -1.67. The number of esters is 2. The van der Waals surface area contributed by atoms with Gasteiger partial charge >= 0.3 is 11.9 Å². The normalized spacial score (nSPS) is 20.2. The molecule has 0 aromatic carbocycles. The molecule has 0 saturated carbocycles. The summed E-state index contributed by atoms with van der Waals surface area (Å²) in [5.41, 5.74) is 0. The average molecular weight is 330 g/mol. The van der Waals surface area contributed by atoms with Gasteiger partial charge in [-0.1, -0.05) is 48.6 Å². The third kappa shape index (κ3) is 7.27. The fraction of sp³-hybridized carbons (Fsp3) is 0.400. The highest BCUT2D eigenvalue weighted by atomic mass is 16.5. The molecule has 0 N–H and O–H groups in total. The highest BCUT2D eigenvalue weighted by Crippen LogP contribution is 2.28. The molecule has 0 fully saturated rings. The van der Waals surface area contributed by atoms with Crippen LogP contribution in [0.25, 0.3) is 0 Å². The van der Waals surface area contributed by atoms with Crippen molar-refractivity contribution in [2.45, 2.75) is 25.7 Å². The second-order valence-electron chi connectivity index (χ2n) is 5.41. The van der Waals surface area contributed by atoms with Crippen LogP contribution in [-0.4, -0.2) is 25.2 Å². The molecule has 0 radical (unpaired) electrons. The van der Waals surface area contributed by atoms with E-state index in [-0.39, 0.29) is 25.2 Å². The van der Waals surface area contributed by atoms with Crippen LogP contribution >= 0.6 is 0 Å². The molecule has 130 valence electrons. The van der Waals surface area contributed by atoms with Crippen LogP contribution in [0.1, 0.15) is 25.7 Å². The van der Waals surface area contributed by atoms with Gasteiger partial charge < -0.3 is 9.47 Å². The molecular formula is C20H26O4. The Hall–Kier alpha value is -2.36. The largest absolute Gasteiger partial charge is 0.461 e. The van der Waals surface area contributed by atoms with Crippen molar-refractivity contribution in [3.05, 3.63) is 61.8 Å². The molecule has 0 aromatic heterocycles. The van der Waals surface area contributed by atoms with Gasteiger partial charge in [-0.3, -0.25) is 9.59 Å². The molecule has 24 heavy (non-hydrogen) atoms. The maximum atomic E-state index is 12.2. The lowest BCUT2D eigenvalue weighted by Crippen LogP contribution is -2.33. The van der Waals surface area contributed by atoms with Crippen molar-refractivity contribution in [3.8, 4) is 0 Å². The monoisotopic (exact) mass is 330 g/mol. The predicted octanol–water partition coefficient (Wildman–Crippen LogP) is 3.92. The molecule has 1 rings (SSSR count). The van der Waals surface area contributed by atoms with Crippen LogP contribution in [0.4, 0.5) is 0 Å². The van der Waals surface area contributed by atoms with Gasteiger partial charge in [-0.2, -0.15) is 0 Å². The van der Waals surface area contributed by atoms with E-state index in [0.29, 0.717) is 12.8 Å². The number of hydrogen-bond donors (Lipinski definition) is 0. The summed E-state index contributed by atoms with van der Waals surface area (Å²) in [5, 5.41) is 0. The number of allylic oxidation sites excluding steroid dienone is 6. The maximum Gasteiger partial charge on any atom is 0.310 e. The summed E-state index contributed by atoms with van der Waals surface area (Å²) in [6, 6.07) is 0. The minimum absolute atomic E-state index is 0.207. The Morgan fingerprint density at radius 1 is 0.833 bits per heavy atom. The highest BCUT2D eigenvalue weighted by molar-refractivity contribution is 5.82. The third-order valence-corrected chi connectivity index (χ3v) is 3.62. The van der Waals surface area contributed by atoms with Crippen molar-refractivity contribution >= 4 is 11.9 Å². The lowest BCUT2D eigenvalue weighted by atomic mass is 9.83. The zero-order chi connectivity index (χ0) is 17.6. The zero-order valence-electron chi connectivity index (χ0n) is 14.1. The van der Waals surface area contributed by atoms with E-state index >= 15 is 0 Å². The minimum atomic E-state index is -0.479. The van der Waals surface area contributed by atoms with Gasteiger partial charge in [-0.05, 0) is 25.7 Å². The van der Waals surface area contributed by atoms with Crippen molar-refractivity contribution in [2.75, 3.05) is 13.2 Å². The zero-order valence-corrected chi connectivity index (χ0v) is 14.1. The Kier molecular flexibility index (Phi) is 9.93. The van der Waals surface area contributed by atoms with Crippen LogP contribution in [0.2, 0.25) is 0 Å². The molecule has 1 aliphatic rings.